The number of halogens is 2. The summed E-state index contributed by atoms with van der Waals surface area (Å²) in [6, 6.07) is 11.3. The zero-order valence-electron chi connectivity index (χ0n) is 15.3. The highest BCUT2D eigenvalue weighted by molar-refractivity contribution is 5.87. The van der Waals surface area contributed by atoms with Gasteiger partial charge in [0.25, 0.3) is 0 Å². The number of benzene rings is 2. The van der Waals surface area contributed by atoms with Crippen LogP contribution in [-0.4, -0.2) is 12.7 Å². The van der Waals surface area contributed by atoms with Crippen LogP contribution < -0.4 is 10.1 Å². The molecule has 1 N–H and O–H groups in total. The van der Waals surface area contributed by atoms with E-state index in [1.807, 2.05) is 58.0 Å². The van der Waals surface area contributed by atoms with Gasteiger partial charge in [0, 0.05) is 5.56 Å². The fraction of sp³-hybridized carbons (Fsp3) is 0.350. The molecule has 0 atom stereocenters. The number of carbonyl (C=O) groups is 1. The molecule has 1 amide bonds. The first kappa shape index (κ1) is 19.7. The molecule has 0 saturated heterocycles. The van der Waals surface area contributed by atoms with E-state index in [1.165, 1.54) is 0 Å². The van der Waals surface area contributed by atoms with Crippen LogP contribution >= 0.6 is 0 Å². The van der Waals surface area contributed by atoms with E-state index >= 15 is 0 Å². The molecule has 0 spiro atoms. The fourth-order valence-electron chi connectivity index (χ4n) is 2.70. The number of ether oxygens (including phenoxy) is 2. The third kappa shape index (κ3) is 5.18. The first-order valence-electron chi connectivity index (χ1n) is 8.35. The topological polar surface area (TPSA) is 47.6 Å². The first-order valence-corrected chi connectivity index (χ1v) is 8.35. The highest BCUT2D eigenvalue weighted by Gasteiger charge is 2.17. The van der Waals surface area contributed by atoms with E-state index < -0.39 is 12.7 Å². The van der Waals surface area contributed by atoms with E-state index in [-0.39, 0.29) is 12.5 Å². The summed E-state index contributed by atoms with van der Waals surface area (Å²) in [5.74, 6) is 0.810. The van der Waals surface area contributed by atoms with Gasteiger partial charge in [0.05, 0.1) is 5.69 Å². The normalized spacial score (nSPS) is 10.9. The summed E-state index contributed by atoms with van der Waals surface area (Å²) in [6.45, 7) is 4.87. The molecule has 4 nitrogen and oxygen atoms in total. The summed E-state index contributed by atoms with van der Waals surface area (Å²) < 4.78 is 34.4. The van der Waals surface area contributed by atoms with Crippen molar-refractivity contribution in [2.75, 3.05) is 5.32 Å². The standard InChI is InChI=1S/C20H23F2NO3/c1-12(2)16-7-5-6-15(18(16)23-20(24)26-19(21)22)11-25-17-9-8-13(3)10-14(17)4/h5-10,12,19H,11H2,1-4H3,(H,23,24). The van der Waals surface area contributed by atoms with Crippen molar-refractivity contribution in [3.8, 4) is 5.75 Å². The zero-order chi connectivity index (χ0) is 19.3. The van der Waals surface area contributed by atoms with Crippen molar-refractivity contribution in [3.05, 3.63) is 58.7 Å². The number of amides is 1. The van der Waals surface area contributed by atoms with Gasteiger partial charge in [-0.3, -0.25) is 5.32 Å². The largest absolute Gasteiger partial charge is 0.489 e. The highest BCUT2D eigenvalue weighted by atomic mass is 19.3. The Kier molecular flexibility index (Phi) is 6.55. The summed E-state index contributed by atoms with van der Waals surface area (Å²) in [7, 11) is 0. The number of carbonyl (C=O) groups excluding carboxylic acids is 1. The maximum Gasteiger partial charge on any atom is 0.416 e. The Balaban J connectivity index is 2.26. The van der Waals surface area contributed by atoms with Crippen LogP contribution in [0.15, 0.2) is 36.4 Å². The lowest BCUT2D eigenvalue weighted by Crippen LogP contribution is -2.19. The summed E-state index contributed by atoms with van der Waals surface area (Å²) >= 11 is 0. The van der Waals surface area contributed by atoms with Crippen molar-refractivity contribution in [1.29, 1.82) is 0 Å². The molecule has 0 aliphatic carbocycles. The molecule has 0 heterocycles. The van der Waals surface area contributed by atoms with Gasteiger partial charge in [-0.2, -0.15) is 8.78 Å². The number of anilines is 1. The number of hydrogen-bond donors (Lipinski definition) is 1. The van der Waals surface area contributed by atoms with Gasteiger partial charge in [0.15, 0.2) is 0 Å². The van der Waals surface area contributed by atoms with Crippen molar-refractivity contribution in [2.24, 2.45) is 0 Å². The third-order valence-electron chi connectivity index (χ3n) is 3.94. The number of rotatable bonds is 6. The molecule has 26 heavy (non-hydrogen) atoms. The van der Waals surface area contributed by atoms with E-state index in [0.29, 0.717) is 11.3 Å². The third-order valence-corrected chi connectivity index (χ3v) is 3.94. The first-order chi connectivity index (χ1) is 12.3. The quantitative estimate of drug-likeness (QED) is 0.708. The fourth-order valence-corrected chi connectivity index (χ4v) is 2.70. The predicted octanol–water partition coefficient (Wildman–Crippen LogP) is 5.78. The van der Waals surface area contributed by atoms with Gasteiger partial charge in [-0.1, -0.05) is 49.7 Å². The minimum atomic E-state index is -3.17. The number of hydrogen-bond acceptors (Lipinski definition) is 3. The molecule has 0 bridgehead atoms. The van der Waals surface area contributed by atoms with E-state index in [0.717, 1.165) is 22.4 Å². The maximum atomic E-state index is 12.3. The summed E-state index contributed by atoms with van der Waals surface area (Å²) in [4.78, 5) is 11.7. The minimum absolute atomic E-state index is 0.0814. The summed E-state index contributed by atoms with van der Waals surface area (Å²) in [6.07, 6.45) is -1.19. The number of nitrogens with one attached hydrogen (secondary N) is 1. The smallest absolute Gasteiger partial charge is 0.416 e. The van der Waals surface area contributed by atoms with Gasteiger partial charge >= 0.3 is 12.7 Å². The monoisotopic (exact) mass is 363 g/mol. The van der Waals surface area contributed by atoms with Crippen molar-refractivity contribution in [1.82, 2.24) is 0 Å². The molecular weight excluding hydrogens is 340 g/mol. The molecule has 0 aliphatic heterocycles. The van der Waals surface area contributed by atoms with E-state index in [4.69, 9.17) is 4.74 Å². The Labute approximate surface area is 152 Å². The van der Waals surface area contributed by atoms with Gasteiger partial charge in [-0.05, 0) is 37.0 Å². The zero-order valence-corrected chi connectivity index (χ0v) is 15.3. The predicted molar refractivity (Wildman–Crippen MR) is 96.9 cm³/mol. The molecule has 2 rings (SSSR count). The van der Waals surface area contributed by atoms with Gasteiger partial charge in [-0.15, -0.1) is 0 Å². The van der Waals surface area contributed by atoms with Crippen LogP contribution in [0.2, 0.25) is 0 Å². The average Bonchev–Trinajstić information content (AvgIpc) is 2.54. The van der Waals surface area contributed by atoms with E-state index in [9.17, 15) is 13.6 Å². The van der Waals surface area contributed by atoms with Crippen molar-refractivity contribution >= 4 is 11.8 Å². The van der Waals surface area contributed by atoms with Crippen LogP contribution in [0.4, 0.5) is 19.3 Å². The van der Waals surface area contributed by atoms with Crippen LogP contribution in [0, 0.1) is 13.8 Å². The second-order valence-corrected chi connectivity index (χ2v) is 6.38. The van der Waals surface area contributed by atoms with Crippen LogP contribution in [0.1, 0.15) is 42.0 Å². The molecule has 0 aliphatic rings. The van der Waals surface area contributed by atoms with Gasteiger partial charge < -0.3 is 9.47 Å². The second kappa shape index (κ2) is 8.65. The lowest BCUT2D eigenvalue weighted by Gasteiger charge is -2.19. The average molecular weight is 363 g/mol. The summed E-state index contributed by atoms with van der Waals surface area (Å²) in [5, 5.41) is 2.43. The van der Waals surface area contributed by atoms with Crippen molar-refractivity contribution in [3.63, 3.8) is 0 Å². The number of para-hydroxylation sites is 1. The highest BCUT2D eigenvalue weighted by Crippen LogP contribution is 2.30. The number of aryl methyl sites for hydroxylation is 2. The van der Waals surface area contributed by atoms with Gasteiger partial charge in [-0.25, -0.2) is 4.79 Å². The van der Waals surface area contributed by atoms with Crippen LogP contribution in [0.25, 0.3) is 0 Å². The Morgan fingerprint density at radius 2 is 1.88 bits per heavy atom. The molecule has 140 valence electrons. The Morgan fingerprint density at radius 1 is 1.15 bits per heavy atom. The molecule has 0 unspecified atom stereocenters. The molecule has 2 aromatic carbocycles. The van der Waals surface area contributed by atoms with Gasteiger partial charge in [0.2, 0.25) is 0 Å². The lowest BCUT2D eigenvalue weighted by molar-refractivity contribution is -0.0766. The molecule has 0 saturated carbocycles. The minimum Gasteiger partial charge on any atom is -0.489 e. The van der Waals surface area contributed by atoms with Crippen LogP contribution in [0.3, 0.4) is 0 Å². The summed E-state index contributed by atoms with van der Waals surface area (Å²) in [5.41, 5.74) is 4.07. The molecule has 2 aromatic rings. The molecule has 0 radical (unpaired) electrons. The lowest BCUT2D eigenvalue weighted by atomic mass is 9.98. The maximum absolute atomic E-state index is 12.3. The van der Waals surface area contributed by atoms with Crippen molar-refractivity contribution in [2.45, 2.75) is 46.8 Å². The molecule has 6 heteroatoms. The SMILES string of the molecule is Cc1ccc(OCc2cccc(C(C)C)c2NC(=O)OC(F)F)c(C)c1. The van der Waals surface area contributed by atoms with Crippen LogP contribution in [-0.2, 0) is 11.3 Å². The van der Waals surface area contributed by atoms with E-state index in [2.05, 4.69) is 10.1 Å². The van der Waals surface area contributed by atoms with Crippen LogP contribution in [0.5, 0.6) is 5.75 Å². The van der Waals surface area contributed by atoms with E-state index in [1.54, 1.807) is 6.07 Å². The number of alkyl halides is 2. The Morgan fingerprint density at radius 3 is 2.50 bits per heavy atom. The second-order valence-electron chi connectivity index (χ2n) is 6.38. The van der Waals surface area contributed by atoms with Crippen molar-refractivity contribution < 1.29 is 23.0 Å². The molecule has 0 fully saturated rings. The van der Waals surface area contributed by atoms with Gasteiger partial charge in [0.1, 0.15) is 12.4 Å². The Hall–Kier alpha value is -2.63. The molecular formula is C20H23F2NO3. The molecule has 0 aromatic heterocycles. The Bertz CT molecular complexity index is 776.